The van der Waals surface area contributed by atoms with Crippen LogP contribution < -0.4 is 4.90 Å². The Balaban J connectivity index is 2.12. The summed E-state index contributed by atoms with van der Waals surface area (Å²) in [5, 5.41) is 0. The van der Waals surface area contributed by atoms with Crippen molar-refractivity contribution in [1.29, 1.82) is 0 Å². The van der Waals surface area contributed by atoms with Crippen LogP contribution in [-0.4, -0.2) is 17.0 Å². The van der Waals surface area contributed by atoms with Gasteiger partial charge in [0.2, 0.25) is 0 Å². The summed E-state index contributed by atoms with van der Waals surface area (Å²) in [7, 11) is 2.03. The Bertz CT molecular complexity index is 459. The van der Waals surface area contributed by atoms with E-state index in [9.17, 15) is 0 Å². The van der Waals surface area contributed by atoms with Crippen molar-refractivity contribution < 1.29 is 0 Å². The zero-order valence-electron chi connectivity index (χ0n) is 8.97. The summed E-state index contributed by atoms with van der Waals surface area (Å²) in [5.41, 5.74) is 2.12. The first-order valence-corrected chi connectivity index (χ1v) is 5.76. The van der Waals surface area contributed by atoms with Crippen LogP contribution >= 0.6 is 15.9 Å². The molecule has 2 aromatic heterocycles. The number of anilines is 1. The van der Waals surface area contributed by atoms with E-state index in [0.29, 0.717) is 0 Å². The Kier molecular flexibility index (Phi) is 3.51. The molecule has 16 heavy (non-hydrogen) atoms. The van der Waals surface area contributed by atoms with Gasteiger partial charge in [-0.25, -0.2) is 0 Å². The van der Waals surface area contributed by atoms with E-state index in [1.807, 2.05) is 43.7 Å². The molecule has 0 aliphatic rings. The molecule has 0 radical (unpaired) electrons. The third-order valence-corrected chi connectivity index (χ3v) is 2.69. The number of aromatic nitrogens is 2. The molecule has 0 saturated heterocycles. The molecule has 0 saturated carbocycles. The fourth-order valence-corrected chi connectivity index (χ4v) is 1.79. The van der Waals surface area contributed by atoms with Gasteiger partial charge >= 0.3 is 0 Å². The summed E-state index contributed by atoms with van der Waals surface area (Å²) >= 11 is 3.41. The molecule has 0 spiro atoms. The molecule has 0 fully saturated rings. The van der Waals surface area contributed by atoms with Crippen LogP contribution in [0, 0.1) is 0 Å². The number of hydrogen-bond donors (Lipinski definition) is 0. The molecule has 4 heteroatoms. The van der Waals surface area contributed by atoms with Gasteiger partial charge in [0, 0.05) is 23.9 Å². The summed E-state index contributed by atoms with van der Waals surface area (Å²) in [6.07, 6.45) is 5.42. The number of hydrogen-bond acceptors (Lipinski definition) is 3. The lowest BCUT2D eigenvalue weighted by Crippen LogP contribution is -2.17. The van der Waals surface area contributed by atoms with Gasteiger partial charge in [0.05, 0.1) is 24.1 Å². The van der Waals surface area contributed by atoms with Crippen LogP contribution in [0.15, 0.2) is 47.3 Å². The summed E-state index contributed by atoms with van der Waals surface area (Å²) in [6, 6.07) is 7.97. The van der Waals surface area contributed by atoms with E-state index in [1.54, 1.807) is 6.20 Å². The van der Waals surface area contributed by atoms with Crippen molar-refractivity contribution in [3.05, 3.63) is 53.0 Å². The Morgan fingerprint density at radius 3 is 2.88 bits per heavy atom. The second kappa shape index (κ2) is 5.07. The molecule has 3 nitrogen and oxygen atoms in total. The molecule has 0 aliphatic heterocycles. The second-order valence-corrected chi connectivity index (χ2v) is 4.45. The maximum Gasteiger partial charge on any atom is 0.0599 e. The maximum atomic E-state index is 4.29. The summed E-state index contributed by atoms with van der Waals surface area (Å²) in [5.74, 6) is 0. The van der Waals surface area contributed by atoms with Crippen LogP contribution in [0.4, 0.5) is 5.69 Å². The summed E-state index contributed by atoms with van der Waals surface area (Å²) < 4.78 is 0.984. The van der Waals surface area contributed by atoms with E-state index in [0.717, 1.165) is 22.4 Å². The topological polar surface area (TPSA) is 29.0 Å². The van der Waals surface area contributed by atoms with Crippen LogP contribution in [0.2, 0.25) is 0 Å². The van der Waals surface area contributed by atoms with Gasteiger partial charge in [0.25, 0.3) is 0 Å². The number of nitrogens with zero attached hydrogens (tertiary/aromatic N) is 3. The van der Waals surface area contributed by atoms with Crippen LogP contribution in [0.3, 0.4) is 0 Å². The molecule has 82 valence electrons. The highest BCUT2D eigenvalue weighted by atomic mass is 79.9. The second-order valence-electron chi connectivity index (χ2n) is 3.54. The minimum Gasteiger partial charge on any atom is -0.367 e. The SMILES string of the molecule is CN(Cc1ccccn1)c1cncc(Br)c1. The average molecular weight is 278 g/mol. The van der Waals surface area contributed by atoms with Crippen molar-refractivity contribution in [3.63, 3.8) is 0 Å². The van der Waals surface area contributed by atoms with E-state index in [2.05, 4.69) is 30.8 Å². The molecule has 2 aromatic rings. The molecular formula is C12H12BrN3. The van der Waals surface area contributed by atoms with Crippen molar-refractivity contribution in [2.24, 2.45) is 0 Å². The Labute approximate surface area is 103 Å². The van der Waals surface area contributed by atoms with Gasteiger partial charge in [-0.2, -0.15) is 0 Å². The largest absolute Gasteiger partial charge is 0.367 e. The molecule has 0 aliphatic carbocycles. The zero-order valence-corrected chi connectivity index (χ0v) is 10.6. The maximum absolute atomic E-state index is 4.29. The fourth-order valence-electron chi connectivity index (χ4n) is 1.44. The number of halogens is 1. The lowest BCUT2D eigenvalue weighted by molar-refractivity contribution is 0.881. The molecule has 0 amide bonds. The van der Waals surface area contributed by atoms with Crippen LogP contribution in [0.25, 0.3) is 0 Å². The molecule has 0 aromatic carbocycles. The van der Waals surface area contributed by atoms with Crippen LogP contribution in [0.5, 0.6) is 0 Å². The van der Waals surface area contributed by atoms with Crippen LogP contribution in [0.1, 0.15) is 5.69 Å². The molecule has 0 unspecified atom stereocenters. The van der Waals surface area contributed by atoms with Gasteiger partial charge in [0.15, 0.2) is 0 Å². The van der Waals surface area contributed by atoms with E-state index in [-0.39, 0.29) is 0 Å². The summed E-state index contributed by atoms with van der Waals surface area (Å²) in [4.78, 5) is 10.5. The van der Waals surface area contributed by atoms with Crippen LogP contribution in [-0.2, 0) is 6.54 Å². The normalized spacial score (nSPS) is 10.1. The van der Waals surface area contributed by atoms with Gasteiger partial charge in [-0.3, -0.25) is 9.97 Å². The highest BCUT2D eigenvalue weighted by molar-refractivity contribution is 9.10. The highest BCUT2D eigenvalue weighted by Gasteiger charge is 2.03. The first kappa shape index (κ1) is 11.1. The Morgan fingerprint density at radius 2 is 2.19 bits per heavy atom. The third-order valence-electron chi connectivity index (χ3n) is 2.26. The zero-order chi connectivity index (χ0) is 11.4. The first-order chi connectivity index (χ1) is 7.75. The van der Waals surface area contributed by atoms with Gasteiger partial charge in [-0.15, -0.1) is 0 Å². The van der Waals surface area contributed by atoms with E-state index < -0.39 is 0 Å². The standard InChI is InChI=1S/C12H12BrN3/c1-16(9-11-4-2-3-5-15-11)12-6-10(13)7-14-8-12/h2-8H,9H2,1H3. The predicted molar refractivity (Wildman–Crippen MR) is 68.3 cm³/mol. The monoisotopic (exact) mass is 277 g/mol. The average Bonchev–Trinajstić information content (AvgIpc) is 2.30. The number of pyridine rings is 2. The van der Waals surface area contributed by atoms with Gasteiger partial charge in [-0.05, 0) is 34.1 Å². The van der Waals surface area contributed by atoms with Crippen molar-refractivity contribution in [3.8, 4) is 0 Å². The molecule has 0 atom stereocenters. The lowest BCUT2D eigenvalue weighted by Gasteiger charge is -2.18. The van der Waals surface area contributed by atoms with Crippen molar-refractivity contribution >= 4 is 21.6 Å². The minimum atomic E-state index is 0.777. The third kappa shape index (κ3) is 2.79. The molecule has 2 rings (SSSR count). The lowest BCUT2D eigenvalue weighted by atomic mass is 10.3. The Morgan fingerprint density at radius 1 is 1.31 bits per heavy atom. The summed E-state index contributed by atoms with van der Waals surface area (Å²) in [6.45, 7) is 0.777. The fraction of sp³-hybridized carbons (Fsp3) is 0.167. The smallest absolute Gasteiger partial charge is 0.0599 e. The van der Waals surface area contributed by atoms with Crippen molar-refractivity contribution in [2.75, 3.05) is 11.9 Å². The number of rotatable bonds is 3. The first-order valence-electron chi connectivity index (χ1n) is 4.97. The van der Waals surface area contributed by atoms with E-state index >= 15 is 0 Å². The van der Waals surface area contributed by atoms with Crippen molar-refractivity contribution in [2.45, 2.75) is 6.54 Å². The molecule has 0 bridgehead atoms. The quantitative estimate of drug-likeness (QED) is 0.864. The minimum absolute atomic E-state index is 0.777. The van der Waals surface area contributed by atoms with Gasteiger partial charge in [0.1, 0.15) is 0 Å². The molecular weight excluding hydrogens is 266 g/mol. The molecule has 2 heterocycles. The van der Waals surface area contributed by atoms with E-state index in [1.165, 1.54) is 0 Å². The van der Waals surface area contributed by atoms with Gasteiger partial charge in [-0.1, -0.05) is 6.07 Å². The highest BCUT2D eigenvalue weighted by Crippen LogP contribution is 2.18. The predicted octanol–water partition coefficient (Wildman–Crippen LogP) is 2.88. The van der Waals surface area contributed by atoms with E-state index in [4.69, 9.17) is 0 Å². The van der Waals surface area contributed by atoms with Gasteiger partial charge < -0.3 is 4.90 Å². The molecule has 0 N–H and O–H groups in total. The van der Waals surface area contributed by atoms with Crippen molar-refractivity contribution in [1.82, 2.24) is 9.97 Å². The Hall–Kier alpha value is -1.42.